The van der Waals surface area contributed by atoms with E-state index in [4.69, 9.17) is 0 Å². The molecule has 1 N–H and O–H groups in total. The molecule has 0 spiro atoms. The molecule has 0 saturated carbocycles. The van der Waals surface area contributed by atoms with Crippen molar-refractivity contribution in [3.05, 3.63) is 0 Å². The molecule has 1 rings (SSSR count). The maximum Gasteiger partial charge on any atom is 0.211 e. The summed E-state index contributed by atoms with van der Waals surface area (Å²) in [7, 11) is -3.03. The minimum absolute atomic E-state index is 0.415. The molecule has 0 aromatic heterocycles. The van der Waals surface area contributed by atoms with Crippen LogP contribution in [0.5, 0.6) is 0 Å². The van der Waals surface area contributed by atoms with Gasteiger partial charge in [-0.05, 0) is 18.8 Å². The van der Waals surface area contributed by atoms with Crippen LogP contribution in [-0.4, -0.2) is 45.0 Å². The third-order valence-corrected chi connectivity index (χ3v) is 3.84. The summed E-state index contributed by atoms with van der Waals surface area (Å²) >= 11 is 0. The van der Waals surface area contributed by atoms with E-state index < -0.39 is 10.0 Å². The third-order valence-electron chi connectivity index (χ3n) is 2.53. The van der Waals surface area contributed by atoms with Crippen LogP contribution >= 0.6 is 0 Å². The standard InChI is InChI=1S/C8H16N2O3S/c1-14(12,13)10-4-2-8(3-5-10)6-9-7-11/h7-8H,2-6H2,1H3,(H,9,11). The molecule has 1 aliphatic rings. The van der Waals surface area contributed by atoms with Gasteiger partial charge in [-0.3, -0.25) is 4.79 Å². The zero-order chi connectivity index (χ0) is 10.6. The van der Waals surface area contributed by atoms with Gasteiger partial charge in [0.25, 0.3) is 0 Å². The van der Waals surface area contributed by atoms with Crippen molar-refractivity contribution in [3.63, 3.8) is 0 Å². The second kappa shape index (κ2) is 4.75. The molecule has 1 fully saturated rings. The average Bonchev–Trinajstić information content (AvgIpc) is 2.14. The number of hydrogen-bond donors (Lipinski definition) is 1. The maximum absolute atomic E-state index is 11.2. The van der Waals surface area contributed by atoms with Crippen LogP contribution in [0.15, 0.2) is 0 Å². The highest BCUT2D eigenvalue weighted by Crippen LogP contribution is 2.17. The highest BCUT2D eigenvalue weighted by atomic mass is 32.2. The summed E-state index contributed by atoms with van der Waals surface area (Å²) in [5.74, 6) is 0.415. The minimum Gasteiger partial charge on any atom is -0.358 e. The van der Waals surface area contributed by atoms with Gasteiger partial charge in [-0.15, -0.1) is 0 Å². The predicted octanol–water partition coefficient (Wildman–Crippen LogP) is -0.596. The summed E-state index contributed by atoms with van der Waals surface area (Å²) in [6, 6.07) is 0. The summed E-state index contributed by atoms with van der Waals surface area (Å²) in [4.78, 5) is 10.1. The van der Waals surface area contributed by atoms with Crippen molar-refractivity contribution in [1.82, 2.24) is 9.62 Å². The van der Waals surface area contributed by atoms with E-state index in [0.717, 1.165) is 12.8 Å². The molecule has 5 nitrogen and oxygen atoms in total. The zero-order valence-electron chi connectivity index (χ0n) is 8.27. The van der Waals surface area contributed by atoms with Gasteiger partial charge in [0.1, 0.15) is 0 Å². The van der Waals surface area contributed by atoms with Crippen molar-refractivity contribution in [2.75, 3.05) is 25.9 Å². The van der Waals surface area contributed by atoms with Gasteiger partial charge in [0.2, 0.25) is 16.4 Å². The summed E-state index contributed by atoms with van der Waals surface area (Å²) in [5.41, 5.74) is 0. The van der Waals surface area contributed by atoms with Crippen LogP contribution in [0.2, 0.25) is 0 Å². The van der Waals surface area contributed by atoms with E-state index in [1.165, 1.54) is 10.6 Å². The van der Waals surface area contributed by atoms with Crippen molar-refractivity contribution in [2.24, 2.45) is 5.92 Å². The maximum atomic E-state index is 11.2. The molecule has 0 aliphatic carbocycles. The molecule has 0 aromatic rings. The topological polar surface area (TPSA) is 66.5 Å². The van der Waals surface area contributed by atoms with Crippen LogP contribution in [0, 0.1) is 5.92 Å². The first-order valence-electron chi connectivity index (χ1n) is 4.66. The largest absolute Gasteiger partial charge is 0.358 e. The summed E-state index contributed by atoms with van der Waals surface area (Å²) in [6.45, 7) is 1.80. The van der Waals surface area contributed by atoms with Gasteiger partial charge < -0.3 is 5.32 Å². The van der Waals surface area contributed by atoms with Gasteiger partial charge in [-0.2, -0.15) is 0 Å². The smallest absolute Gasteiger partial charge is 0.211 e. The van der Waals surface area contributed by atoms with E-state index in [-0.39, 0.29) is 0 Å². The third kappa shape index (κ3) is 3.26. The highest BCUT2D eigenvalue weighted by molar-refractivity contribution is 7.88. The monoisotopic (exact) mass is 220 g/mol. The second-order valence-electron chi connectivity index (χ2n) is 3.63. The quantitative estimate of drug-likeness (QED) is 0.644. The van der Waals surface area contributed by atoms with E-state index in [2.05, 4.69) is 5.32 Å². The molecule has 0 bridgehead atoms. The SMILES string of the molecule is CS(=O)(=O)N1CCC(CNC=O)CC1. The molecule has 0 atom stereocenters. The fourth-order valence-corrected chi connectivity index (χ4v) is 2.53. The second-order valence-corrected chi connectivity index (χ2v) is 5.61. The van der Waals surface area contributed by atoms with E-state index >= 15 is 0 Å². The van der Waals surface area contributed by atoms with E-state index in [1.807, 2.05) is 0 Å². The Morgan fingerprint density at radius 2 is 2.00 bits per heavy atom. The average molecular weight is 220 g/mol. The fraction of sp³-hybridized carbons (Fsp3) is 0.875. The van der Waals surface area contributed by atoms with Gasteiger partial charge in [-0.1, -0.05) is 0 Å². The number of amides is 1. The molecule has 0 unspecified atom stereocenters. The molecule has 1 aliphatic heterocycles. The molecule has 0 aromatic carbocycles. The Bertz CT molecular complexity index is 281. The molecular weight excluding hydrogens is 204 g/mol. The molecule has 82 valence electrons. The lowest BCUT2D eigenvalue weighted by molar-refractivity contribution is -0.109. The highest BCUT2D eigenvalue weighted by Gasteiger charge is 2.24. The summed E-state index contributed by atoms with van der Waals surface area (Å²) < 4.78 is 23.8. The molecular formula is C8H16N2O3S. The van der Waals surface area contributed by atoms with Crippen molar-refractivity contribution in [1.29, 1.82) is 0 Å². The lowest BCUT2D eigenvalue weighted by atomic mass is 9.98. The molecule has 0 radical (unpaired) electrons. The first-order chi connectivity index (χ1) is 6.54. The predicted molar refractivity (Wildman–Crippen MR) is 53.2 cm³/mol. The number of nitrogens with zero attached hydrogens (tertiary/aromatic N) is 1. The Labute approximate surface area is 84.5 Å². The Hall–Kier alpha value is -0.620. The number of carbonyl (C=O) groups excluding carboxylic acids is 1. The van der Waals surface area contributed by atoms with E-state index in [1.54, 1.807) is 0 Å². The van der Waals surface area contributed by atoms with Crippen LogP contribution in [-0.2, 0) is 14.8 Å². The number of piperidine rings is 1. The van der Waals surface area contributed by atoms with E-state index in [0.29, 0.717) is 32.0 Å². The Kier molecular flexibility index (Phi) is 3.88. The normalized spacial score (nSPS) is 20.6. The Morgan fingerprint density at radius 3 is 2.43 bits per heavy atom. The summed E-state index contributed by atoms with van der Waals surface area (Å²) in [5, 5.41) is 2.62. The van der Waals surface area contributed by atoms with Gasteiger partial charge in [0.15, 0.2) is 0 Å². The molecule has 1 saturated heterocycles. The first kappa shape index (κ1) is 11.5. The van der Waals surface area contributed by atoms with Crippen LogP contribution in [0.25, 0.3) is 0 Å². The summed E-state index contributed by atoms with van der Waals surface area (Å²) in [6.07, 6.45) is 3.57. The van der Waals surface area contributed by atoms with Crippen molar-refractivity contribution in [2.45, 2.75) is 12.8 Å². The van der Waals surface area contributed by atoms with Gasteiger partial charge >= 0.3 is 0 Å². The van der Waals surface area contributed by atoms with Crippen molar-refractivity contribution < 1.29 is 13.2 Å². The van der Waals surface area contributed by atoms with Crippen molar-refractivity contribution >= 4 is 16.4 Å². The van der Waals surface area contributed by atoms with Crippen LogP contribution in [0.4, 0.5) is 0 Å². The molecule has 1 amide bonds. The van der Waals surface area contributed by atoms with Crippen LogP contribution in [0.3, 0.4) is 0 Å². The number of nitrogens with one attached hydrogen (secondary N) is 1. The van der Waals surface area contributed by atoms with Gasteiger partial charge in [-0.25, -0.2) is 12.7 Å². The van der Waals surface area contributed by atoms with Crippen LogP contribution < -0.4 is 5.32 Å². The number of carbonyl (C=O) groups is 1. The minimum atomic E-state index is -3.03. The van der Waals surface area contributed by atoms with Gasteiger partial charge in [0, 0.05) is 19.6 Å². The number of hydrogen-bond acceptors (Lipinski definition) is 3. The van der Waals surface area contributed by atoms with E-state index in [9.17, 15) is 13.2 Å². The zero-order valence-corrected chi connectivity index (χ0v) is 9.09. The number of rotatable bonds is 4. The Balaban J connectivity index is 2.35. The lowest BCUT2D eigenvalue weighted by Gasteiger charge is -2.29. The van der Waals surface area contributed by atoms with Crippen LogP contribution in [0.1, 0.15) is 12.8 Å². The molecule has 14 heavy (non-hydrogen) atoms. The lowest BCUT2D eigenvalue weighted by Crippen LogP contribution is -2.40. The number of sulfonamides is 1. The Morgan fingerprint density at radius 1 is 1.43 bits per heavy atom. The van der Waals surface area contributed by atoms with Crippen molar-refractivity contribution in [3.8, 4) is 0 Å². The first-order valence-corrected chi connectivity index (χ1v) is 6.51. The molecule has 6 heteroatoms. The molecule has 1 heterocycles. The van der Waals surface area contributed by atoms with Gasteiger partial charge in [0.05, 0.1) is 6.26 Å². The fourth-order valence-electron chi connectivity index (χ4n) is 1.66.